The van der Waals surface area contributed by atoms with Gasteiger partial charge in [-0.2, -0.15) is 0 Å². The Kier molecular flexibility index (Phi) is 7.58. The lowest BCUT2D eigenvalue weighted by Crippen LogP contribution is -2.18. The lowest BCUT2D eigenvalue weighted by atomic mass is 10.1. The molecule has 0 radical (unpaired) electrons. The summed E-state index contributed by atoms with van der Waals surface area (Å²) in [6.45, 7) is 5.58. The molecule has 0 aliphatic heterocycles. The first-order valence-electron chi connectivity index (χ1n) is 9.77. The van der Waals surface area contributed by atoms with Crippen LogP contribution in [0, 0.1) is 6.92 Å². The number of aromatic nitrogens is 1. The van der Waals surface area contributed by atoms with Gasteiger partial charge in [0.05, 0.1) is 37.2 Å². The molecule has 0 fully saturated rings. The van der Waals surface area contributed by atoms with E-state index >= 15 is 0 Å². The highest BCUT2D eigenvalue weighted by Gasteiger charge is 2.21. The molecule has 5 nitrogen and oxygen atoms in total. The number of rotatable bonds is 9. The van der Waals surface area contributed by atoms with E-state index in [4.69, 9.17) is 30.8 Å². The molecular weight excluding hydrogens is 420 g/mol. The summed E-state index contributed by atoms with van der Waals surface area (Å²) >= 11 is 8.17. The zero-order chi connectivity index (χ0) is 21.7. The maximum Gasteiger partial charge on any atom is 0.190 e. The van der Waals surface area contributed by atoms with Crippen LogP contribution in [-0.2, 0) is 11.3 Å². The van der Waals surface area contributed by atoms with E-state index in [2.05, 4.69) is 24.8 Å². The lowest BCUT2D eigenvalue weighted by molar-refractivity contribution is 0.185. The SMILES string of the molecule is CCCN(c1nc(-c2ccc(OC)cc2Cl)c(C)s1)c1cc(COC)ccc1OC. The number of methoxy groups -OCH3 is 3. The molecule has 3 rings (SSSR count). The topological polar surface area (TPSA) is 43.8 Å². The monoisotopic (exact) mass is 446 g/mol. The molecule has 0 saturated heterocycles. The summed E-state index contributed by atoms with van der Waals surface area (Å²) in [5, 5.41) is 1.53. The van der Waals surface area contributed by atoms with Crippen molar-refractivity contribution in [3.63, 3.8) is 0 Å². The van der Waals surface area contributed by atoms with Crippen molar-refractivity contribution in [1.82, 2.24) is 4.98 Å². The van der Waals surface area contributed by atoms with Crippen LogP contribution >= 0.6 is 22.9 Å². The van der Waals surface area contributed by atoms with E-state index in [-0.39, 0.29) is 0 Å². The van der Waals surface area contributed by atoms with Crippen molar-refractivity contribution in [2.24, 2.45) is 0 Å². The van der Waals surface area contributed by atoms with Gasteiger partial charge in [0.15, 0.2) is 5.13 Å². The summed E-state index contributed by atoms with van der Waals surface area (Å²) in [6.07, 6.45) is 0.967. The molecule has 0 aliphatic rings. The van der Waals surface area contributed by atoms with Crippen LogP contribution in [0.4, 0.5) is 10.8 Å². The fraction of sp³-hybridized carbons (Fsp3) is 0.348. The Morgan fingerprint density at radius 2 is 1.87 bits per heavy atom. The molecule has 7 heteroatoms. The average Bonchev–Trinajstić information content (AvgIpc) is 3.13. The van der Waals surface area contributed by atoms with E-state index in [1.807, 2.05) is 30.3 Å². The molecule has 3 aromatic rings. The quantitative estimate of drug-likeness (QED) is 0.376. The minimum absolute atomic E-state index is 0.542. The number of ether oxygens (including phenoxy) is 3. The van der Waals surface area contributed by atoms with Gasteiger partial charge < -0.3 is 19.1 Å². The number of benzene rings is 2. The number of thiazole rings is 1. The van der Waals surface area contributed by atoms with Crippen LogP contribution in [0.2, 0.25) is 5.02 Å². The largest absolute Gasteiger partial charge is 0.497 e. The fourth-order valence-corrected chi connectivity index (χ4v) is 4.53. The molecule has 0 saturated carbocycles. The predicted octanol–water partition coefficient (Wildman–Crippen LogP) is 6.48. The van der Waals surface area contributed by atoms with Crippen molar-refractivity contribution < 1.29 is 14.2 Å². The van der Waals surface area contributed by atoms with Crippen LogP contribution < -0.4 is 14.4 Å². The van der Waals surface area contributed by atoms with E-state index < -0.39 is 0 Å². The summed E-state index contributed by atoms with van der Waals surface area (Å²) in [5.74, 6) is 1.53. The first-order chi connectivity index (χ1) is 14.5. The highest BCUT2D eigenvalue weighted by atomic mass is 35.5. The highest BCUT2D eigenvalue weighted by Crippen LogP contribution is 2.41. The van der Waals surface area contributed by atoms with Gasteiger partial charge in [0, 0.05) is 24.1 Å². The number of anilines is 2. The Bertz CT molecular complexity index is 1010. The zero-order valence-electron chi connectivity index (χ0n) is 18.0. The van der Waals surface area contributed by atoms with Gasteiger partial charge in [0.25, 0.3) is 0 Å². The van der Waals surface area contributed by atoms with Crippen LogP contribution in [0.25, 0.3) is 11.3 Å². The van der Waals surface area contributed by atoms with E-state index in [0.29, 0.717) is 11.6 Å². The van der Waals surface area contributed by atoms with Crippen LogP contribution in [0.15, 0.2) is 36.4 Å². The molecule has 0 N–H and O–H groups in total. The molecule has 0 atom stereocenters. The van der Waals surface area contributed by atoms with E-state index in [1.54, 1.807) is 32.7 Å². The van der Waals surface area contributed by atoms with Crippen LogP contribution in [0.5, 0.6) is 11.5 Å². The Balaban J connectivity index is 2.07. The summed E-state index contributed by atoms with van der Waals surface area (Å²) in [5.41, 5.74) is 3.85. The van der Waals surface area contributed by atoms with E-state index in [9.17, 15) is 0 Å². The van der Waals surface area contributed by atoms with Crippen molar-refractivity contribution in [2.45, 2.75) is 26.9 Å². The molecule has 0 unspecified atom stereocenters. The standard InChI is InChI=1S/C23H27ClN2O3S/c1-6-11-26(20-12-16(14-27-3)7-10-21(20)29-5)23-25-22(15(2)30-23)18-9-8-17(28-4)13-19(18)24/h7-10,12-13H,6,11,14H2,1-5H3. The van der Waals surface area contributed by atoms with Crippen LogP contribution in [0.3, 0.4) is 0 Å². The van der Waals surface area contributed by atoms with Gasteiger partial charge in [0.1, 0.15) is 11.5 Å². The molecule has 30 heavy (non-hydrogen) atoms. The maximum atomic E-state index is 6.52. The number of halogens is 1. The van der Waals surface area contributed by atoms with Crippen molar-refractivity contribution in [3.05, 3.63) is 51.9 Å². The Labute approximate surface area is 187 Å². The first-order valence-corrected chi connectivity index (χ1v) is 11.0. The smallest absolute Gasteiger partial charge is 0.190 e. The molecule has 1 heterocycles. The molecular formula is C23H27ClN2O3S. The predicted molar refractivity (Wildman–Crippen MR) is 125 cm³/mol. The second kappa shape index (κ2) is 10.2. The summed E-state index contributed by atoms with van der Waals surface area (Å²) < 4.78 is 16.2. The second-order valence-electron chi connectivity index (χ2n) is 6.84. The minimum Gasteiger partial charge on any atom is -0.497 e. The Hall–Kier alpha value is -2.28. The number of nitrogens with zero attached hydrogens (tertiary/aromatic N) is 2. The van der Waals surface area contributed by atoms with Gasteiger partial charge in [0.2, 0.25) is 0 Å². The minimum atomic E-state index is 0.542. The van der Waals surface area contributed by atoms with Crippen molar-refractivity contribution in [3.8, 4) is 22.8 Å². The van der Waals surface area contributed by atoms with Gasteiger partial charge >= 0.3 is 0 Å². The fourth-order valence-electron chi connectivity index (χ4n) is 3.31. The third kappa shape index (κ3) is 4.72. The highest BCUT2D eigenvalue weighted by molar-refractivity contribution is 7.16. The molecule has 2 aromatic carbocycles. The van der Waals surface area contributed by atoms with Crippen molar-refractivity contribution in [2.75, 3.05) is 32.8 Å². The molecule has 0 spiro atoms. The van der Waals surface area contributed by atoms with E-state index in [1.165, 1.54) is 0 Å². The molecule has 1 aromatic heterocycles. The maximum absolute atomic E-state index is 6.52. The summed E-state index contributed by atoms with van der Waals surface area (Å²) in [6, 6.07) is 11.8. The lowest BCUT2D eigenvalue weighted by Gasteiger charge is -2.24. The first kappa shape index (κ1) is 22.4. The van der Waals surface area contributed by atoms with Crippen molar-refractivity contribution >= 4 is 33.8 Å². The Morgan fingerprint density at radius 1 is 1.07 bits per heavy atom. The van der Waals surface area contributed by atoms with Crippen molar-refractivity contribution in [1.29, 1.82) is 0 Å². The molecule has 160 valence electrons. The molecule has 0 amide bonds. The van der Waals surface area contributed by atoms with Gasteiger partial charge in [-0.25, -0.2) is 4.98 Å². The van der Waals surface area contributed by atoms with E-state index in [0.717, 1.165) is 57.0 Å². The van der Waals surface area contributed by atoms with Crippen LogP contribution in [0.1, 0.15) is 23.8 Å². The van der Waals surface area contributed by atoms with Gasteiger partial charge in [-0.3, -0.25) is 0 Å². The number of hydrogen-bond donors (Lipinski definition) is 0. The van der Waals surface area contributed by atoms with Gasteiger partial charge in [-0.1, -0.05) is 24.6 Å². The summed E-state index contributed by atoms with van der Waals surface area (Å²) in [4.78, 5) is 8.28. The summed E-state index contributed by atoms with van der Waals surface area (Å²) in [7, 11) is 5.02. The van der Waals surface area contributed by atoms with Crippen LogP contribution in [-0.4, -0.2) is 32.9 Å². The normalized spacial score (nSPS) is 10.9. The number of aryl methyl sites for hydroxylation is 1. The average molecular weight is 447 g/mol. The van der Waals surface area contributed by atoms with Gasteiger partial charge in [-0.05, 0) is 49.2 Å². The zero-order valence-corrected chi connectivity index (χ0v) is 19.6. The number of hydrogen-bond acceptors (Lipinski definition) is 6. The van der Waals surface area contributed by atoms with Gasteiger partial charge in [-0.15, -0.1) is 11.3 Å². The third-order valence-electron chi connectivity index (χ3n) is 4.74. The third-order valence-corrected chi connectivity index (χ3v) is 6.05. The molecule has 0 bridgehead atoms. The Morgan fingerprint density at radius 3 is 2.50 bits per heavy atom. The second-order valence-corrected chi connectivity index (χ2v) is 8.43. The molecule has 0 aliphatic carbocycles.